The summed E-state index contributed by atoms with van der Waals surface area (Å²) in [4.78, 5) is 36.0. The molecule has 1 aliphatic heterocycles. The Labute approximate surface area is 175 Å². The summed E-state index contributed by atoms with van der Waals surface area (Å²) in [6, 6.07) is 15.9. The van der Waals surface area contributed by atoms with Gasteiger partial charge in [-0.3, -0.25) is 9.59 Å². The number of nitrogens with one attached hydrogen (secondary N) is 4. The fourth-order valence-electron chi connectivity index (χ4n) is 3.02. The van der Waals surface area contributed by atoms with Gasteiger partial charge in [0.15, 0.2) is 0 Å². The number of urea groups is 1. The molecule has 30 heavy (non-hydrogen) atoms. The molecule has 4 N–H and O–H groups in total. The number of rotatable bonds is 8. The summed E-state index contributed by atoms with van der Waals surface area (Å²) in [5, 5.41) is 11.0. The number of benzene rings is 2. The molecule has 0 spiro atoms. The first kappa shape index (κ1) is 21.3. The van der Waals surface area contributed by atoms with Crippen LogP contribution in [0.3, 0.4) is 0 Å². The summed E-state index contributed by atoms with van der Waals surface area (Å²) in [5.74, 6) is -0.385. The van der Waals surface area contributed by atoms with E-state index in [4.69, 9.17) is 4.74 Å². The number of ether oxygens (including phenoxy) is 1. The first-order valence-corrected chi connectivity index (χ1v) is 9.98. The van der Waals surface area contributed by atoms with Crippen LogP contribution >= 0.6 is 0 Å². The highest BCUT2D eigenvalue weighted by atomic mass is 16.5. The lowest BCUT2D eigenvalue weighted by Crippen LogP contribution is -2.39. The molecule has 1 fully saturated rings. The predicted octanol–water partition coefficient (Wildman–Crippen LogP) is 2.03. The number of anilines is 1. The van der Waals surface area contributed by atoms with Crippen LogP contribution in [0.2, 0.25) is 0 Å². The Bertz CT molecular complexity index is 849. The average Bonchev–Trinajstić information content (AvgIpc) is 3.31. The predicted molar refractivity (Wildman–Crippen MR) is 113 cm³/mol. The van der Waals surface area contributed by atoms with Crippen LogP contribution < -0.4 is 21.3 Å². The highest BCUT2D eigenvalue weighted by Gasteiger charge is 2.22. The van der Waals surface area contributed by atoms with Crippen molar-refractivity contribution in [1.82, 2.24) is 16.0 Å². The molecule has 2 aromatic carbocycles. The van der Waals surface area contributed by atoms with Crippen molar-refractivity contribution in [1.29, 1.82) is 0 Å². The van der Waals surface area contributed by atoms with Gasteiger partial charge in [0.2, 0.25) is 5.91 Å². The monoisotopic (exact) mass is 410 g/mol. The Morgan fingerprint density at radius 2 is 1.63 bits per heavy atom. The first-order valence-electron chi connectivity index (χ1n) is 9.98. The summed E-state index contributed by atoms with van der Waals surface area (Å²) in [7, 11) is 0. The van der Waals surface area contributed by atoms with Crippen LogP contribution in [-0.4, -0.2) is 43.6 Å². The van der Waals surface area contributed by atoms with Gasteiger partial charge >= 0.3 is 6.03 Å². The van der Waals surface area contributed by atoms with Crippen LogP contribution in [0.25, 0.3) is 0 Å². The maximum atomic E-state index is 12.2. The largest absolute Gasteiger partial charge is 0.368 e. The lowest BCUT2D eigenvalue weighted by Gasteiger charge is -2.11. The van der Waals surface area contributed by atoms with E-state index in [1.165, 1.54) is 0 Å². The SMILES string of the molecule is O=C(NCc1ccccc1)Nc1ccc(C(=O)NCCNC(=O)C2CCCO2)cc1. The van der Waals surface area contributed by atoms with E-state index >= 15 is 0 Å². The number of carbonyl (C=O) groups excluding carboxylic acids is 3. The molecule has 8 nitrogen and oxygen atoms in total. The Hall–Kier alpha value is -3.39. The van der Waals surface area contributed by atoms with Crippen molar-refractivity contribution < 1.29 is 19.1 Å². The Kier molecular flexibility index (Phi) is 7.79. The molecule has 0 bridgehead atoms. The second-order valence-corrected chi connectivity index (χ2v) is 6.92. The number of amides is 4. The van der Waals surface area contributed by atoms with Gasteiger partial charge in [-0.15, -0.1) is 0 Å². The lowest BCUT2D eigenvalue weighted by atomic mass is 10.2. The summed E-state index contributed by atoms with van der Waals surface area (Å²) in [6.07, 6.45) is 1.27. The molecule has 8 heteroatoms. The first-order chi connectivity index (χ1) is 14.6. The lowest BCUT2D eigenvalue weighted by molar-refractivity contribution is -0.129. The van der Waals surface area contributed by atoms with Gasteiger partial charge in [-0.25, -0.2) is 4.79 Å². The molecule has 2 aromatic rings. The topological polar surface area (TPSA) is 109 Å². The van der Waals surface area contributed by atoms with Crippen molar-refractivity contribution in [2.24, 2.45) is 0 Å². The fourth-order valence-corrected chi connectivity index (χ4v) is 3.02. The van der Waals surface area contributed by atoms with Crippen LogP contribution in [0.1, 0.15) is 28.8 Å². The van der Waals surface area contributed by atoms with Gasteiger partial charge in [0, 0.05) is 37.5 Å². The Balaban J connectivity index is 1.36. The number of hydrogen-bond donors (Lipinski definition) is 4. The molecule has 4 amide bonds. The zero-order valence-corrected chi connectivity index (χ0v) is 16.6. The van der Waals surface area contributed by atoms with Gasteiger partial charge in [0.25, 0.3) is 5.91 Å². The second kappa shape index (κ2) is 11.0. The average molecular weight is 410 g/mol. The number of carbonyl (C=O) groups is 3. The molecule has 158 valence electrons. The van der Waals surface area contributed by atoms with Gasteiger partial charge in [0.05, 0.1) is 0 Å². The molecule has 0 aliphatic carbocycles. The van der Waals surface area contributed by atoms with Crippen molar-refractivity contribution in [3.63, 3.8) is 0 Å². The van der Waals surface area contributed by atoms with E-state index in [1.807, 2.05) is 30.3 Å². The molecule has 1 atom stereocenters. The quantitative estimate of drug-likeness (QED) is 0.499. The zero-order valence-electron chi connectivity index (χ0n) is 16.6. The molecular weight excluding hydrogens is 384 g/mol. The van der Waals surface area contributed by atoms with E-state index in [9.17, 15) is 14.4 Å². The van der Waals surface area contributed by atoms with E-state index in [0.717, 1.165) is 18.4 Å². The van der Waals surface area contributed by atoms with Crippen molar-refractivity contribution >= 4 is 23.5 Å². The summed E-state index contributed by atoms with van der Waals surface area (Å²) < 4.78 is 5.30. The zero-order chi connectivity index (χ0) is 21.2. The van der Waals surface area contributed by atoms with Gasteiger partial charge in [-0.05, 0) is 42.7 Å². The highest BCUT2D eigenvalue weighted by molar-refractivity contribution is 5.95. The summed E-state index contributed by atoms with van der Waals surface area (Å²) in [5.41, 5.74) is 2.06. The van der Waals surface area contributed by atoms with E-state index in [1.54, 1.807) is 24.3 Å². The molecule has 0 aromatic heterocycles. The van der Waals surface area contributed by atoms with Crippen LogP contribution in [0.15, 0.2) is 54.6 Å². The highest BCUT2D eigenvalue weighted by Crippen LogP contribution is 2.11. The molecule has 0 saturated carbocycles. The minimum atomic E-state index is -0.370. The standard InChI is InChI=1S/C22H26N4O4/c27-20(23-12-13-24-21(28)19-7-4-14-30-19)17-8-10-18(11-9-17)26-22(29)25-15-16-5-2-1-3-6-16/h1-3,5-6,8-11,19H,4,7,12-15H2,(H,23,27)(H,24,28)(H2,25,26,29). The molecule has 3 rings (SSSR count). The van der Waals surface area contributed by atoms with Crippen molar-refractivity contribution in [3.05, 3.63) is 65.7 Å². The van der Waals surface area contributed by atoms with Crippen molar-refractivity contribution in [2.75, 3.05) is 25.0 Å². The van der Waals surface area contributed by atoms with Gasteiger partial charge in [-0.2, -0.15) is 0 Å². The molecule has 0 radical (unpaired) electrons. The third-order valence-electron chi connectivity index (χ3n) is 4.63. The van der Waals surface area contributed by atoms with Gasteiger partial charge in [0.1, 0.15) is 6.10 Å². The van der Waals surface area contributed by atoms with Crippen LogP contribution in [0, 0.1) is 0 Å². The molecule has 1 saturated heterocycles. The maximum absolute atomic E-state index is 12.2. The molecule has 1 heterocycles. The maximum Gasteiger partial charge on any atom is 0.319 e. The van der Waals surface area contributed by atoms with Crippen LogP contribution in [0.5, 0.6) is 0 Å². The van der Waals surface area contributed by atoms with E-state index < -0.39 is 0 Å². The van der Waals surface area contributed by atoms with Crippen LogP contribution in [0.4, 0.5) is 10.5 Å². The van der Waals surface area contributed by atoms with Crippen molar-refractivity contribution in [2.45, 2.75) is 25.5 Å². The minimum Gasteiger partial charge on any atom is -0.368 e. The normalized spacial score (nSPS) is 15.3. The summed E-state index contributed by atoms with van der Waals surface area (Å²) >= 11 is 0. The Morgan fingerprint density at radius 3 is 2.33 bits per heavy atom. The third kappa shape index (κ3) is 6.59. The third-order valence-corrected chi connectivity index (χ3v) is 4.63. The fraction of sp³-hybridized carbons (Fsp3) is 0.318. The van der Waals surface area contributed by atoms with E-state index in [2.05, 4.69) is 21.3 Å². The molecule has 1 unspecified atom stereocenters. The smallest absolute Gasteiger partial charge is 0.319 e. The van der Waals surface area contributed by atoms with Gasteiger partial charge < -0.3 is 26.0 Å². The van der Waals surface area contributed by atoms with E-state index in [-0.39, 0.29) is 23.9 Å². The molecule has 1 aliphatic rings. The van der Waals surface area contributed by atoms with E-state index in [0.29, 0.717) is 37.5 Å². The summed E-state index contributed by atoms with van der Waals surface area (Å²) in [6.45, 7) is 1.70. The molecular formula is C22H26N4O4. The number of hydrogen-bond acceptors (Lipinski definition) is 4. The van der Waals surface area contributed by atoms with Gasteiger partial charge in [-0.1, -0.05) is 30.3 Å². The van der Waals surface area contributed by atoms with Crippen LogP contribution in [-0.2, 0) is 16.1 Å². The second-order valence-electron chi connectivity index (χ2n) is 6.92. The minimum absolute atomic E-state index is 0.136. The van der Waals surface area contributed by atoms with Crippen molar-refractivity contribution in [3.8, 4) is 0 Å². The Morgan fingerprint density at radius 1 is 0.900 bits per heavy atom.